The van der Waals surface area contributed by atoms with E-state index in [0.717, 1.165) is 18.0 Å². The van der Waals surface area contributed by atoms with Gasteiger partial charge in [-0.25, -0.2) is 9.97 Å². The molecule has 0 saturated carbocycles. The van der Waals surface area contributed by atoms with E-state index in [9.17, 15) is 4.79 Å². The fourth-order valence-corrected chi connectivity index (χ4v) is 2.50. The van der Waals surface area contributed by atoms with E-state index in [4.69, 9.17) is 9.15 Å². The van der Waals surface area contributed by atoms with Crippen LogP contribution in [0.25, 0.3) is 11.1 Å². The number of ether oxygens (including phenoxy) is 1. The van der Waals surface area contributed by atoms with Gasteiger partial charge in [0.1, 0.15) is 17.1 Å². The van der Waals surface area contributed by atoms with Crippen LogP contribution in [0.4, 0.5) is 0 Å². The van der Waals surface area contributed by atoms with Crippen molar-refractivity contribution in [1.82, 2.24) is 19.9 Å². The van der Waals surface area contributed by atoms with Gasteiger partial charge in [0.15, 0.2) is 5.58 Å². The largest absolute Gasteiger partial charge is 0.497 e. The van der Waals surface area contributed by atoms with Gasteiger partial charge in [-0.05, 0) is 12.1 Å². The van der Waals surface area contributed by atoms with Crippen molar-refractivity contribution in [2.24, 2.45) is 0 Å². The summed E-state index contributed by atoms with van der Waals surface area (Å²) in [6, 6.07) is 5.42. The van der Waals surface area contributed by atoms with Gasteiger partial charge in [0.2, 0.25) is 11.8 Å². The fourth-order valence-electron chi connectivity index (χ4n) is 2.50. The second-order valence-electron chi connectivity index (χ2n) is 5.36. The van der Waals surface area contributed by atoms with Crippen LogP contribution in [0.1, 0.15) is 25.1 Å². The smallest absolute Gasteiger partial charge is 0.222 e. The Balaban J connectivity index is 1.54. The summed E-state index contributed by atoms with van der Waals surface area (Å²) in [5.74, 6) is 2.13. The summed E-state index contributed by atoms with van der Waals surface area (Å²) >= 11 is 0. The molecule has 0 bridgehead atoms. The van der Waals surface area contributed by atoms with Crippen LogP contribution in [-0.4, -0.2) is 27.6 Å². The third-order valence-corrected chi connectivity index (χ3v) is 3.77. The van der Waals surface area contributed by atoms with Gasteiger partial charge in [0.05, 0.1) is 13.7 Å². The topological polar surface area (TPSA) is 82.2 Å². The van der Waals surface area contributed by atoms with Gasteiger partial charge in [-0.2, -0.15) is 0 Å². The van der Waals surface area contributed by atoms with Crippen LogP contribution >= 0.6 is 0 Å². The van der Waals surface area contributed by atoms with E-state index in [1.54, 1.807) is 25.4 Å². The highest BCUT2D eigenvalue weighted by molar-refractivity contribution is 5.76. The standard InChI is InChI=1S/C17H20N4O3/c1-3-15-18-7-9-21(15)8-6-16(22)19-11-17-20-13-10-12(23-2)4-5-14(13)24-17/h4-5,7,9-10H,3,6,8,11H2,1-2H3,(H,19,22). The first-order chi connectivity index (χ1) is 11.7. The Labute approximate surface area is 139 Å². The van der Waals surface area contributed by atoms with E-state index in [-0.39, 0.29) is 12.5 Å². The van der Waals surface area contributed by atoms with Crippen LogP contribution in [0.2, 0.25) is 0 Å². The zero-order valence-corrected chi connectivity index (χ0v) is 13.8. The third kappa shape index (κ3) is 3.56. The minimum absolute atomic E-state index is 0.0504. The number of fused-ring (bicyclic) bond motifs is 1. The first-order valence-corrected chi connectivity index (χ1v) is 7.89. The molecule has 1 aromatic carbocycles. The predicted molar refractivity (Wildman–Crippen MR) is 88.6 cm³/mol. The summed E-state index contributed by atoms with van der Waals surface area (Å²) in [6.45, 7) is 2.92. The molecule has 1 amide bonds. The van der Waals surface area contributed by atoms with E-state index in [0.29, 0.717) is 30.0 Å². The first kappa shape index (κ1) is 16.0. The molecular formula is C17H20N4O3. The maximum Gasteiger partial charge on any atom is 0.222 e. The lowest BCUT2D eigenvalue weighted by Crippen LogP contribution is -2.24. The molecule has 3 aromatic rings. The van der Waals surface area contributed by atoms with Crippen molar-refractivity contribution in [3.8, 4) is 5.75 Å². The number of oxazole rings is 1. The molecule has 3 rings (SSSR count). The average molecular weight is 328 g/mol. The summed E-state index contributed by atoms with van der Waals surface area (Å²) < 4.78 is 12.8. The van der Waals surface area contributed by atoms with Crippen LogP contribution in [0.15, 0.2) is 35.0 Å². The van der Waals surface area contributed by atoms with Crippen molar-refractivity contribution in [1.29, 1.82) is 0 Å². The molecule has 0 radical (unpaired) electrons. The highest BCUT2D eigenvalue weighted by Crippen LogP contribution is 2.21. The Morgan fingerprint density at radius 1 is 1.42 bits per heavy atom. The number of nitrogens with one attached hydrogen (secondary N) is 1. The van der Waals surface area contributed by atoms with Crippen molar-refractivity contribution in [2.45, 2.75) is 32.9 Å². The molecule has 0 unspecified atom stereocenters. The second kappa shape index (κ2) is 7.16. The lowest BCUT2D eigenvalue weighted by Gasteiger charge is -2.06. The number of benzene rings is 1. The predicted octanol–water partition coefficient (Wildman–Crippen LogP) is 2.30. The van der Waals surface area contributed by atoms with Crippen LogP contribution in [0, 0.1) is 0 Å². The van der Waals surface area contributed by atoms with Crippen molar-refractivity contribution < 1.29 is 13.9 Å². The van der Waals surface area contributed by atoms with Crippen molar-refractivity contribution in [3.63, 3.8) is 0 Å². The molecule has 7 heteroatoms. The maximum absolute atomic E-state index is 12.0. The lowest BCUT2D eigenvalue weighted by molar-refractivity contribution is -0.121. The molecule has 0 atom stereocenters. The summed E-state index contributed by atoms with van der Waals surface area (Å²) in [5.41, 5.74) is 1.38. The number of carbonyl (C=O) groups is 1. The van der Waals surface area contributed by atoms with Gasteiger partial charge in [0, 0.05) is 37.8 Å². The molecule has 24 heavy (non-hydrogen) atoms. The molecular weight excluding hydrogens is 308 g/mol. The Morgan fingerprint density at radius 3 is 3.08 bits per heavy atom. The van der Waals surface area contributed by atoms with Crippen LogP contribution in [-0.2, 0) is 24.3 Å². The Morgan fingerprint density at radius 2 is 2.29 bits per heavy atom. The molecule has 126 valence electrons. The number of methoxy groups -OCH3 is 1. The molecule has 0 spiro atoms. The first-order valence-electron chi connectivity index (χ1n) is 7.89. The second-order valence-corrected chi connectivity index (χ2v) is 5.36. The third-order valence-electron chi connectivity index (χ3n) is 3.77. The minimum atomic E-state index is -0.0504. The number of amides is 1. The SMILES string of the molecule is CCc1nccn1CCC(=O)NCc1nc2cc(OC)ccc2o1. The van der Waals surface area contributed by atoms with Crippen molar-refractivity contribution in [3.05, 3.63) is 42.3 Å². The normalized spacial score (nSPS) is 10.9. The molecule has 7 nitrogen and oxygen atoms in total. The number of imidazole rings is 1. The molecule has 0 aliphatic rings. The summed E-state index contributed by atoms with van der Waals surface area (Å²) in [5, 5.41) is 2.83. The molecule has 2 heterocycles. The van der Waals surface area contributed by atoms with E-state index in [1.165, 1.54) is 0 Å². The summed E-state index contributed by atoms with van der Waals surface area (Å²) in [6.07, 6.45) is 4.88. The molecule has 0 fully saturated rings. The van der Waals surface area contributed by atoms with E-state index in [1.807, 2.05) is 23.8 Å². The van der Waals surface area contributed by atoms with Gasteiger partial charge in [0.25, 0.3) is 0 Å². The maximum atomic E-state index is 12.0. The highest BCUT2D eigenvalue weighted by Gasteiger charge is 2.09. The van der Waals surface area contributed by atoms with Gasteiger partial charge in [-0.15, -0.1) is 0 Å². The summed E-state index contributed by atoms with van der Waals surface area (Å²) in [7, 11) is 1.60. The van der Waals surface area contributed by atoms with E-state index >= 15 is 0 Å². The van der Waals surface area contributed by atoms with Gasteiger partial charge >= 0.3 is 0 Å². The quantitative estimate of drug-likeness (QED) is 0.719. The van der Waals surface area contributed by atoms with E-state index in [2.05, 4.69) is 15.3 Å². The van der Waals surface area contributed by atoms with Crippen molar-refractivity contribution in [2.75, 3.05) is 7.11 Å². The number of aromatic nitrogens is 3. The number of carbonyl (C=O) groups excluding carboxylic acids is 1. The molecule has 1 N–H and O–H groups in total. The fraction of sp³-hybridized carbons (Fsp3) is 0.353. The minimum Gasteiger partial charge on any atom is -0.497 e. The number of hydrogen-bond acceptors (Lipinski definition) is 5. The number of nitrogens with zero attached hydrogens (tertiary/aromatic N) is 3. The Bertz CT molecular complexity index is 837. The van der Waals surface area contributed by atoms with Crippen LogP contribution in [0.5, 0.6) is 5.75 Å². The molecule has 0 saturated heterocycles. The Hall–Kier alpha value is -2.83. The molecule has 0 aliphatic carbocycles. The highest BCUT2D eigenvalue weighted by atomic mass is 16.5. The average Bonchev–Trinajstić information content (AvgIpc) is 3.22. The van der Waals surface area contributed by atoms with Gasteiger partial charge in [-0.3, -0.25) is 4.79 Å². The Kier molecular flexibility index (Phi) is 4.79. The molecule has 0 aliphatic heterocycles. The monoisotopic (exact) mass is 328 g/mol. The van der Waals surface area contributed by atoms with Crippen LogP contribution < -0.4 is 10.1 Å². The number of rotatable bonds is 7. The molecule has 2 aromatic heterocycles. The van der Waals surface area contributed by atoms with E-state index < -0.39 is 0 Å². The lowest BCUT2D eigenvalue weighted by atomic mass is 10.3. The van der Waals surface area contributed by atoms with Crippen LogP contribution in [0.3, 0.4) is 0 Å². The zero-order valence-electron chi connectivity index (χ0n) is 13.8. The van der Waals surface area contributed by atoms with Gasteiger partial charge in [-0.1, -0.05) is 6.92 Å². The van der Waals surface area contributed by atoms with Crippen molar-refractivity contribution >= 4 is 17.0 Å². The zero-order chi connectivity index (χ0) is 16.9. The van der Waals surface area contributed by atoms with Gasteiger partial charge < -0.3 is 19.0 Å². The number of aryl methyl sites for hydroxylation is 2. The number of hydrogen-bond donors (Lipinski definition) is 1. The summed E-state index contributed by atoms with van der Waals surface area (Å²) in [4.78, 5) is 20.6.